The lowest BCUT2D eigenvalue weighted by Gasteiger charge is -2.28. The third-order valence-electron chi connectivity index (χ3n) is 4.31. The Balaban J connectivity index is 2.93. The topological polar surface area (TPSA) is 30.5 Å². The molecule has 1 atom stereocenters. The van der Waals surface area contributed by atoms with E-state index in [1.807, 2.05) is 18.2 Å². The van der Waals surface area contributed by atoms with Gasteiger partial charge in [0.05, 0.1) is 13.7 Å². The van der Waals surface area contributed by atoms with E-state index in [9.17, 15) is 0 Å². The fraction of sp³-hybridized carbons (Fsp3) is 0.524. The first-order valence-corrected chi connectivity index (χ1v) is 9.15. The first kappa shape index (κ1) is 21.6. The largest absolute Gasteiger partial charge is 0.492 e. The zero-order valence-electron chi connectivity index (χ0n) is 16.4. The summed E-state index contributed by atoms with van der Waals surface area (Å²) in [7, 11) is 1.58. The summed E-state index contributed by atoms with van der Waals surface area (Å²) in [4.78, 5) is 4.96. The van der Waals surface area contributed by atoms with E-state index in [0.29, 0.717) is 12.5 Å². The van der Waals surface area contributed by atoms with Gasteiger partial charge in [0.15, 0.2) is 0 Å². The fourth-order valence-corrected chi connectivity index (χ4v) is 2.85. The second kappa shape index (κ2) is 9.88. The van der Waals surface area contributed by atoms with Gasteiger partial charge in [0.2, 0.25) is 0 Å². The van der Waals surface area contributed by atoms with Gasteiger partial charge in [-0.25, -0.2) is 0 Å². The molecular formula is C21H32ClNO2. The highest BCUT2D eigenvalue weighted by molar-refractivity contribution is 6.30. The van der Waals surface area contributed by atoms with Crippen LogP contribution in [0.25, 0.3) is 0 Å². The molecule has 0 saturated carbocycles. The average Bonchev–Trinajstić information content (AvgIpc) is 2.54. The third-order valence-corrected chi connectivity index (χ3v) is 4.55. The van der Waals surface area contributed by atoms with Crippen molar-refractivity contribution in [3.8, 4) is 5.75 Å². The number of ether oxygens (including phenoxy) is 1. The number of allylic oxidation sites excluding steroid dienone is 2. The summed E-state index contributed by atoms with van der Waals surface area (Å²) in [6, 6.07) is 5.84. The molecular weight excluding hydrogens is 334 g/mol. The number of hydrogen-bond donors (Lipinski definition) is 1. The van der Waals surface area contributed by atoms with Gasteiger partial charge < -0.3 is 4.74 Å². The summed E-state index contributed by atoms with van der Waals surface area (Å²) in [5.74, 6) is 1.21. The molecule has 0 radical (unpaired) electrons. The number of halogens is 1. The average molecular weight is 366 g/mol. The predicted molar refractivity (Wildman–Crippen MR) is 107 cm³/mol. The Kier molecular flexibility index (Phi) is 8.54. The van der Waals surface area contributed by atoms with E-state index < -0.39 is 0 Å². The molecule has 1 aromatic carbocycles. The molecule has 1 rings (SSSR count). The number of hydroxylamine groups is 1. The molecule has 0 aliphatic heterocycles. The SMILES string of the molecule is C=C(NOC)C(C)(C)COc1ccc(Cl)cc1C(C)C/C(C)=C\CC. The molecule has 1 aromatic rings. The van der Waals surface area contributed by atoms with Crippen LogP contribution in [0, 0.1) is 5.41 Å². The first-order valence-electron chi connectivity index (χ1n) is 8.77. The molecule has 0 aliphatic carbocycles. The van der Waals surface area contributed by atoms with E-state index in [2.05, 4.69) is 52.8 Å². The molecule has 0 aliphatic rings. The van der Waals surface area contributed by atoms with Crippen molar-refractivity contribution in [1.29, 1.82) is 0 Å². The molecule has 0 amide bonds. The highest BCUT2D eigenvalue weighted by Gasteiger charge is 2.24. The maximum Gasteiger partial charge on any atom is 0.122 e. The van der Waals surface area contributed by atoms with Crippen molar-refractivity contribution >= 4 is 11.6 Å². The summed E-state index contributed by atoms with van der Waals surface area (Å²) in [5, 5.41) is 0.732. The van der Waals surface area contributed by atoms with Gasteiger partial charge in [-0.1, -0.05) is 57.5 Å². The van der Waals surface area contributed by atoms with E-state index in [1.165, 1.54) is 5.57 Å². The lowest BCUT2D eigenvalue weighted by molar-refractivity contribution is 0.0857. The van der Waals surface area contributed by atoms with Gasteiger partial charge in [0.25, 0.3) is 0 Å². The fourth-order valence-electron chi connectivity index (χ4n) is 2.67. The van der Waals surface area contributed by atoms with Crippen molar-refractivity contribution < 1.29 is 9.57 Å². The van der Waals surface area contributed by atoms with Crippen LogP contribution in [0.5, 0.6) is 5.75 Å². The molecule has 1 N–H and O–H groups in total. The van der Waals surface area contributed by atoms with Crippen LogP contribution in [0.3, 0.4) is 0 Å². The van der Waals surface area contributed by atoms with Crippen molar-refractivity contribution in [3.05, 3.63) is 52.7 Å². The first-order chi connectivity index (χ1) is 11.7. The Morgan fingerprint density at radius 3 is 2.68 bits per heavy atom. The monoisotopic (exact) mass is 365 g/mol. The van der Waals surface area contributed by atoms with Crippen molar-refractivity contribution in [2.45, 2.75) is 53.4 Å². The summed E-state index contributed by atoms with van der Waals surface area (Å²) < 4.78 is 6.15. The summed E-state index contributed by atoms with van der Waals surface area (Å²) in [6.07, 6.45) is 4.32. The highest BCUT2D eigenvalue weighted by atomic mass is 35.5. The lowest BCUT2D eigenvalue weighted by Crippen LogP contribution is -2.31. The third kappa shape index (κ3) is 6.75. The van der Waals surface area contributed by atoms with Crippen LogP contribution in [-0.2, 0) is 4.84 Å². The van der Waals surface area contributed by atoms with Gasteiger partial charge in [0.1, 0.15) is 5.75 Å². The molecule has 0 heterocycles. The number of benzene rings is 1. The molecule has 0 spiro atoms. The summed E-state index contributed by atoms with van der Waals surface area (Å²) >= 11 is 6.23. The van der Waals surface area contributed by atoms with E-state index in [4.69, 9.17) is 21.2 Å². The van der Waals surface area contributed by atoms with Crippen molar-refractivity contribution in [3.63, 3.8) is 0 Å². The molecule has 1 unspecified atom stereocenters. The summed E-state index contributed by atoms with van der Waals surface area (Å²) in [5.41, 5.74) is 5.84. The van der Waals surface area contributed by atoms with Crippen LogP contribution < -0.4 is 10.2 Å². The Hall–Kier alpha value is -1.45. The Labute approximate surface area is 158 Å². The quantitative estimate of drug-likeness (QED) is 0.392. The van der Waals surface area contributed by atoms with Crippen LogP contribution in [0.1, 0.15) is 58.9 Å². The molecule has 0 aromatic heterocycles. The zero-order valence-corrected chi connectivity index (χ0v) is 17.2. The van der Waals surface area contributed by atoms with Gasteiger partial charge in [-0.2, -0.15) is 0 Å². The molecule has 140 valence electrons. The van der Waals surface area contributed by atoms with Crippen LogP contribution >= 0.6 is 11.6 Å². The minimum Gasteiger partial charge on any atom is -0.492 e. The predicted octanol–water partition coefficient (Wildman–Crippen LogP) is 6.26. The minimum absolute atomic E-state index is 0.270. The van der Waals surface area contributed by atoms with Crippen LogP contribution in [0.4, 0.5) is 0 Å². The van der Waals surface area contributed by atoms with E-state index in [-0.39, 0.29) is 5.41 Å². The van der Waals surface area contributed by atoms with Crippen LogP contribution in [0.2, 0.25) is 5.02 Å². The van der Waals surface area contributed by atoms with Gasteiger partial charge in [0, 0.05) is 16.1 Å². The molecule has 0 bridgehead atoms. The minimum atomic E-state index is -0.270. The molecule has 25 heavy (non-hydrogen) atoms. The molecule has 0 fully saturated rings. The molecule has 3 nitrogen and oxygen atoms in total. The lowest BCUT2D eigenvalue weighted by atomic mass is 9.91. The number of nitrogens with one attached hydrogen (secondary N) is 1. The van der Waals surface area contributed by atoms with E-state index in [1.54, 1.807) is 7.11 Å². The van der Waals surface area contributed by atoms with Gasteiger partial charge >= 0.3 is 0 Å². The second-order valence-corrected chi connectivity index (χ2v) is 7.64. The van der Waals surface area contributed by atoms with Gasteiger partial charge in [-0.15, -0.1) is 0 Å². The Bertz CT molecular complexity index is 608. The Morgan fingerprint density at radius 2 is 2.08 bits per heavy atom. The number of hydrogen-bond acceptors (Lipinski definition) is 3. The maximum absolute atomic E-state index is 6.23. The number of rotatable bonds is 10. The zero-order chi connectivity index (χ0) is 19.0. The van der Waals surface area contributed by atoms with E-state index in [0.717, 1.165) is 34.9 Å². The van der Waals surface area contributed by atoms with Crippen molar-refractivity contribution in [2.75, 3.05) is 13.7 Å². The van der Waals surface area contributed by atoms with Crippen LogP contribution in [-0.4, -0.2) is 13.7 Å². The molecule has 4 heteroatoms. The van der Waals surface area contributed by atoms with Gasteiger partial charge in [-0.05, 0) is 49.4 Å². The standard InChI is InChI=1S/C21H32ClNO2/c1-8-9-15(2)12-16(3)19-13-18(22)10-11-20(19)25-14-21(5,6)17(4)23-24-7/h9-11,13,16,23H,4,8,12,14H2,1-3,5-7H3/b15-9-. The Morgan fingerprint density at radius 1 is 1.40 bits per heavy atom. The highest BCUT2D eigenvalue weighted by Crippen LogP contribution is 2.34. The van der Waals surface area contributed by atoms with E-state index >= 15 is 0 Å². The van der Waals surface area contributed by atoms with Crippen molar-refractivity contribution in [1.82, 2.24) is 5.48 Å². The van der Waals surface area contributed by atoms with Crippen LogP contribution in [0.15, 0.2) is 42.1 Å². The van der Waals surface area contributed by atoms with Gasteiger partial charge in [-0.3, -0.25) is 10.3 Å². The smallest absolute Gasteiger partial charge is 0.122 e. The molecule has 0 saturated heterocycles. The second-order valence-electron chi connectivity index (χ2n) is 7.20. The maximum atomic E-state index is 6.23. The van der Waals surface area contributed by atoms with Crippen molar-refractivity contribution in [2.24, 2.45) is 5.41 Å². The summed E-state index contributed by atoms with van der Waals surface area (Å²) in [6.45, 7) is 15.2. The normalized spacial score (nSPS) is 13.5.